The zero-order valence-electron chi connectivity index (χ0n) is 9.29. The number of benzene rings is 1. The minimum atomic E-state index is -0.942. The monoisotopic (exact) mass is 253 g/mol. The average Bonchev–Trinajstić information content (AvgIpc) is 2.78. The van der Waals surface area contributed by atoms with Crippen LogP contribution in [0.25, 0.3) is 0 Å². The molecule has 2 nitrogen and oxygen atoms in total. The lowest BCUT2D eigenvalue weighted by atomic mass is 9.79. The zero-order chi connectivity index (χ0) is 12.5. The Morgan fingerprint density at radius 2 is 2.06 bits per heavy atom. The van der Waals surface area contributed by atoms with Crippen LogP contribution in [0.2, 0.25) is 5.02 Å². The summed E-state index contributed by atoms with van der Waals surface area (Å²) in [7, 11) is 0. The second-order valence-electron chi connectivity index (χ2n) is 4.54. The lowest BCUT2D eigenvalue weighted by Gasteiger charge is -2.27. The van der Waals surface area contributed by atoms with Crippen LogP contribution in [0.15, 0.2) is 18.2 Å². The van der Waals surface area contributed by atoms with Gasteiger partial charge in [-0.05, 0) is 25.0 Å². The molecule has 1 aliphatic carbocycles. The van der Waals surface area contributed by atoms with E-state index in [4.69, 9.17) is 11.6 Å². The summed E-state index contributed by atoms with van der Waals surface area (Å²) in [5, 5.41) is 19.8. The Hall–Kier alpha value is -1.11. The van der Waals surface area contributed by atoms with Crippen molar-refractivity contribution in [3.05, 3.63) is 34.6 Å². The second-order valence-corrected chi connectivity index (χ2v) is 4.95. The highest BCUT2D eigenvalue weighted by Gasteiger charge is 2.42. The number of aliphatic hydroxyl groups is 1. The van der Waals surface area contributed by atoms with Crippen LogP contribution in [0.5, 0.6) is 0 Å². The van der Waals surface area contributed by atoms with Gasteiger partial charge in [0, 0.05) is 10.6 Å². The maximum atomic E-state index is 12.9. The predicted octanol–water partition coefficient (Wildman–Crippen LogP) is 3.60. The van der Waals surface area contributed by atoms with Crippen molar-refractivity contribution in [1.29, 1.82) is 5.26 Å². The molecule has 1 aromatic carbocycles. The van der Waals surface area contributed by atoms with E-state index in [1.165, 1.54) is 18.2 Å². The first-order chi connectivity index (χ1) is 8.09. The molecule has 0 spiro atoms. The fourth-order valence-electron chi connectivity index (χ4n) is 2.47. The Bertz CT molecular complexity index is 463. The van der Waals surface area contributed by atoms with Crippen LogP contribution < -0.4 is 0 Å². The van der Waals surface area contributed by atoms with Crippen molar-refractivity contribution < 1.29 is 9.50 Å². The highest BCUT2D eigenvalue weighted by Crippen LogP contribution is 2.48. The molecule has 17 heavy (non-hydrogen) atoms. The number of hydrogen-bond acceptors (Lipinski definition) is 2. The molecule has 0 saturated heterocycles. The lowest BCUT2D eigenvalue weighted by molar-refractivity contribution is 0.0671. The highest BCUT2D eigenvalue weighted by molar-refractivity contribution is 6.31. The van der Waals surface area contributed by atoms with Gasteiger partial charge < -0.3 is 5.11 Å². The third-order valence-electron chi connectivity index (χ3n) is 3.50. The first-order valence-electron chi connectivity index (χ1n) is 5.63. The van der Waals surface area contributed by atoms with Gasteiger partial charge in [0.1, 0.15) is 5.82 Å². The van der Waals surface area contributed by atoms with Gasteiger partial charge in [-0.25, -0.2) is 4.39 Å². The third-order valence-corrected chi connectivity index (χ3v) is 3.83. The van der Waals surface area contributed by atoms with Gasteiger partial charge in [-0.2, -0.15) is 5.26 Å². The molecule has 1 saturated carbocycles. The van der Waals surface area contributed by atoms with Crippen molar-refractivity contribution in [2.75, 3.05) is 0 Å². The van der Waals surface area contributed by atoms with Crippen LogP contribution >= 0.6 is 11.6 Å². The summed E-state index contributed by atoms with van der Waals surface area (Å²) in [4.78, 5) is 0. The Morgan fingerprint density at radius 3 is 2.59 bits per heavy atom. The van der Waals surface area contributed by atoms with Gasteiger partial charge in [0.25, 0.3) is 0 Å². The largest absolute Gasteiger partial charge is 0.387 e. The van der Waals surface area contributed by atoms with Crippen molar-refractivity contribution in [2.45, 2.75) is 31.8 Å². The smallest absolute Gasteiger partial charge is 0.124 e. The molecule has 1 aromatic rings. The van der Waals surface area contributed by atoms with Crippen molar-refractivity contribution in [2.24, 2.45) is 5.41 Å². The fraction of sp³-hybridized carbons (Fsp3) is 0.462. The summed E-state index contributed by atoms with van der Waals surface area (Å²) in [5.74, 6) is -0.441. The lowest BCUT2D eigenvalue weighted by Crippen LogP contribution is -2.24. The Balaban J connectivity index is 2.36. The van der Waals surface area contributed by atoms with E-state index in [-0.39, 0.29) is 5.02 Å². The molecule has 0 aliphatic heterocycles. The van der Waals surface area contributed by atoms with E-state index in [9.17, 15) is 14.8 Å². The normalized spacial score (nSPS) is 19.9. The number of nitrogens with zero attached hydrogens (tertiary/aromatic N) is 1. The standard InChI is InChI=1S/C13H13ClFNO/c14-11-7-9(15)3-4-10(11)12(17)13(8-16)5-1-2-6-13/h3-4,7,12,17H,1-2,5-6H2. The zero-order valence-corrected chi connectivity index (χ0v) is 10.0. The summed E-state index contributed by atoms with van der Waals surface area (Å²) < 4.78 is 12.9. The fourth-order valence-corrected chi connectivity index (χ4v) is 2.74. The van der Waals surface area contributed by atoms with Gasteiger partial charge >= 0.3 is 0 Å². The van der Waals surface area contributed by atoms with Crippen molar-refractivity contribution >= 4 is 11.6 Å². The van der Waals surface area contributed by atoms with Gasteiger partial charge in [-0.1, -0.05) is 30.5 Å². The molecule has 1 N–H and O–H groups in total. The molecule has 1 atom stereocenters. The molecule has 90 valence electrons. The van der Waals surface area contributed by atoms with Crippen molar-refractivity contribution in [1.82, 2.24) is 0 Å². The van der Waals surface area contributed by atoms with E-state index in [0.29, 0.717) is 18.4 Å². The quantitative estimate of drug-likeness (QED) is 0.875. The number of rotatable bonds is 2. The van der Waals surface area contributed by atoms with E-state index in [2.05, 4.69) is 6.07 Å². The molecule has 0 radical (unpaired) electrons. The summed E-state index contributed by atoms with van der Waals surface area (Å²) in [6.45, 7) is 0. The summed E-state index contributed by atoms with van der Waals surface area (Å²) in [6.07, 6.45) is 2.26. The molecule has 1 fully saturated rings. The molecule has 0 aromatic heterocycles. The van der Waals surface area contributed by atoms with Crippen LogP contribution in [0.3, 0.4) is 0 Å². The molecule has 0 bridgehead atoms. The van der Waals surface area contributed by atoms with Gasteiger partial charge in [-0.15, -0.1) is 0 Å². The van der Waals surface area contributed by atoms with Crippen molar-refractivity contribution in [3.8, 4) is 6.07 Å². The average molecular weight is 254 g/mol. The highest BCUT2D eigenvalue weighted by atomic mass is 35.5. The van der Waals surface area contributed by atoms with Gasteiger partial charge in [0.15, 0.2) is 0 Å². The van der Waals surface area contributed by atoms with E-state index in [1.54, 1.807) is 0 Å². The third kappa shape index (κ3) is 2.15. The molecule has 1 unspecified atom stereocenters. The Kier molecular flexibility index (Phi) is 3.37. The molecule has 1 aliphatic rings. The number of hydrogen-bond donors (Lipinski definition) is 1. The molecule has 0 amide bonds. The number of aliphatic hydroxyl groups excluding tert-OH is 1. The maximum absolute atomic E-state index is 12.9. The van der Waals surface area contributed by atoms with Crippen LogP contribution in [0.1, 0.15) is 37.4 Å². The van der Waals surface area contributed by atoms with E-state index in [1.807, 2.05) is 0 Å². The summed E-state index contributed by atoms with van der Waals surface area (Å²) in [5.41, 5.74) is -0.321. The second kappa shape index (κ2) is 4.64. The van der Waals surface area contributed by atoms with Crippen LogP contribution in [0.4, 0.5) is 4.39 Å². The molecular weight excluding hydrogens is 241 g/mol. The SMILES string of the molecule is N#CC1(C(O)c2ccc(F)cc2Cl)CCCC1. The van der Waals surface area contributed by atoms with Crippen LogP contribution in [-0.4, -0.2) is 5.11 Å². The van der Waals surface area contributed by atoms with Crippen LogP contribution in [0, 0.1) is 22.6 Å². The van der Waals surface area contributed by atoms with Crippen molar-refractivity contribution in [3.63, 3.8) is 0 Å². The minimum Gasteiger partial charge on any atom is -0.387 e. The summed E-state index contributed by atoms with van der Waals surface area (Å²) >= 11 is 5.91. The first kappa shape index (κ1) is 12.3. The van der Waals surface area contributed by atoms with Gasteiger partial charge in [0.2, 0.25) is 0 Å². The van der Waals surface area contributed by atoms with E-state index in [0.717, 1.165) is 12.8 Å². The first-order valence-corrected chi connectivity index (χ1v) is 6.01. The Morgan fingerprint density at radius 1 is 1.41 bits per heavy atom. The minimum absolute atomic E-state index is 0.180. The van der Waals surface area contributed by atoms with E-state index >= 15 is 0 Å². The maximum Gasteiger partial charge on any atom is 0.124 e. The number of halogens is 2. The molecule has 2 rings (SSSR count). The predicted molar refractivity (Wildman–Crippen MR) is 62.9 cm³/mol. The van der Waals surface area contributed by atoms with Gasteiger partial charge in [-0.3, -0.25) is 0 Å². The molecule has 0 heterocycles. The Labute approximate surface area is 105 Å². The van der Waals surface area contributed by atoms with E-state index < -0.39 is 17.3 Å². The van der Waals surface area contributed by atoms with Crippen LogP contribution in [-0.2, 0) is 0 Å². The topological polar surface area (TPSA) is 44.0 Å². The number of nitriles is 1. The summed E-state index contributed by atoms with van der Waals surface area (Å²) in [6, 6.07) is 6.09. The molecular formula is C13H13ClFNO. The molecule has 4 heteroatoms. The van der Waals surface area contributed by atoms with Gasteiger partial charge in [0.05, 0.1) is 17.6 Å².